The summed E-state index contributed by atoms with van der Waals surface area (Å²) in [6.45, 7) is 1.33. The lowest BCUT2D eigenvalue weighted by molar-refractivity contribution is -0.135. The van der Waals surface area contributed by atoms with Crippen molar-refractivity contribution in [3.05, 3.63) is 53.5 Å². The van der Waals surface area contributed by atoms with Crippen molar-refractivity contribution in [3.8, 4) is 0 Å². The van der Waals surface area contributed by atoms with Gasteiger partial charge < -0.3 is 9.80 Å². The molecule has 0 bridgehead atoms. The van der Waals surface area contributed by atoms with Crippen LogP contribution in [0.2, 0.25) is 0 Å². The van der Waals surface area contributed by atoms with Crippen molar-refractivity contribution >= 4 is 11.7 Å². The monoisotopic (exact) mass is 322 g/mol. The average molecular weight is 322 g/mol. The molecule has 1 aromatic carbocycles. The molecule has 0 radical (unpaired) electrons. The second-order valence-corrected chi connectivity index (χ2v) is 6.94. The number of carbonyl (C=O) groups is 1. The number of carbonyl (C=O) groups excluding carboxylic acids is 1. The van der Waals surface area contributed by atoms with Crippen LogP contribution in [0.25, 0.3) is 0 Å². The van der Waals surface area contributed by atoms with Crippen molar-refractivity contribution in [2.45, 2.75) is 31.2 Å². The van der Waals surface area contributed by atoms with Gasteiger partial charge in [-0.05, 0) is 24.8 Å². The molecule has 5 nitrogen and oxygen atoms in total. The van der Waals surface area contributed by atoms with Gasteiger partial charge in [0.2, 0.25) is 5.91 Å². The first-order chi connectivity index (χ1) is 11.6. The van der Waals surface area contributed by atoms with Crippen LogP contribution >= 0.6 is 0 Å². The van der Waals surface area contributed by atoms with Gasteiger partial charge in [0.05, 0.1) is 17.7 Å². The van der Waals surface area contributed by atoms with Crippen LogP contribution in [-0.2, 0) is 23.2 Å². The summed E-state index contributed by atoms with van der Waals surface area (Å²) in [4.78, 5) is 26.0. The minimum absolute atomic E-state index is 0.254. The largest absolute Gasteiger partial charge is 0.362 e. The Bertz CT molecular complexity index is 768. The van der Waals surface area contributed by atoms with Crippen LogP contribution in [0.1, 0.15) is 29.7 Å². The molecule has 1 aliphatic carbocycles. The third-order valence-electron chi connectivity index (χ3n) is 5.18. The SMILES string of the molecule is CN(C)c1ncnc2c1CCN(C(=O)C1(c3ccccc3)CC1)C2. The lowest BCUT2D eigenvalue weighted by Gasteiger charge is -2.32. The average Bonchev–Trinajstić information content (AvgIpc) is 3.42. The third-order valence-corrected chi connectivity index (χ3v) is 5.18. The number of benzene rings is 1. The molecule has 5 heteroatoms. The summed E-state index contributed by atoms with van der Waals surface area (Å²) in [5.74, 6) is 1.22. The van der Waals surface area contributed by atoms with E-state index in [-0.39, 0.29) is 11.3 Å². The van der Waals surface area contributed by atoms with Crippen molar-refractivity contribution in [3.63, 3.8) is 0 Å². The van der Waals surface area contributed by atoms with E-state index in [1.807, 2.05) is 42.1 Å². The number of amides is 1. The molecule has 1 fully saturated rings. The Morgan fingerprint density at radius 1 is 1.17 bits per heavy atom. The van der Waals surface area contributed by atoms with E-state index in [2.05, 4.69) is 22.1 Å². The highest BCUT2D eigenvalue weighted by molar-refractivity contribution is 5.91. The molecule has 1 aromatic heterocycles. The zero-order chi connectivity index (χ0) is 16.7. The van der Waals surface area contributed by atoms with Gasteiger partial charge >= 0.3 is 0 Å². The van der Waals surface area contributed by atoms with Crippen LogP contribution in [-0.4, -0.2) is 41.4 Å². The number of aromatic nitrogens is 2. The molecule has 2 aromatic rings. The highest BCUT2D eigenvalue weighted by atomic mass is 16.2. The number of hydrogen-bond acceptors (Lipinski definition) is 4. The minimum atomic E-state index is -0.295. The van der Waals surface area contributed by atoms with Crippen LogP contribution in [0.5, 0.6) is 0 Å². The second kappa shape index (κ2) is 5.58. The quantitative estimate of drug-likeness (QED) is 0.869. The van der Waals surface area contributed by atoms with E-state index in [1.54, 1.807) is 6.33 Å². The van der Waals surface area contributed by atoms with Crippen LogP contribution in [0.15, 0.2) is 36.7 Å². The molecule has 0 saturated heterocycles. The van der Waals surface area contributed by atoms with Gasteiger partial charge in [0, 0.05) is 26.2 Å². The Hall–Kier alpha value is -2.43. The van der Waals surface area contributed by atoms with Crippen LogP contribution in [0.3, 0.4) is 0 Å². The van der Waals surface area contributed by atoms with Gasteiger partial charge in [-0.25, -0.2) is 9.97 Å². The number of nitrogens with zero attached hydrogens (tertiary/aromatic N) is 4. The normalized spacial score (nSPS) is 18.0. The molecule has 0 N–H and O–H groups in total. The highest BCUT2D eigenvalue weighted by Crippen LogP contribution is 2.50. The Morgan fingerprint density at radius 3 is 2.58 bits per heavy atom. The van der Waals surface area contributed by atoms with Crippen molar-refractivity contribution in [2.24, 2.45) is 0 Å². The molecule has 124 valence electrons. The fourth-order valence-corrected chi connectivity index (χ4v) is 3.71. The number of anilines is 1. The van der Waals surface area contributed by atoms with Gasteiger partial charge in [0.25, 0.3) is 0 Å². The molecule has 24 heavy (non-hydrogen) atoms. The lowest BCUT2D eigenvalue weighted by Crippen LogP contribution is -2.43. The maximum Gasteiger partial charge on any atom is 0.233 e. The number of rotatable bonds is 3. The van der Waals surface area contributed by atoms with Crippen molar-refractivity contribution < 1.29 is 4.79 Å². The van der Waals surface area contributed by atoms with E-state index < -0.39 is 0 Å². The van der Waals surface area contributed by atoms with Crippen molar-refractivity contribution in [1.82, 2.24) is 14.9 Å². The maximum atomic E-state index is 13.2. The standard InChI is InChI=1S/C19H22N4O/c1-22(2)17-15-8-11-23(12-16(15)20-13-21-17)18(24)19(9-10-19)14-6-4-3-5-7-14/h3-7,13H,8-12H2,1-2H3. The van der Waals surface area contributed by atoms with Gasteiger partial charge in [-0.15, -0.1) is 0 Å². The molecular weight excluding hydrogens is 300 g/mol. The van der Waals surface area contributed by atoms with Gasteiger partial charge in [-0.3, -0.25) is 4.79 Å². The van der Waals surface area contributed by atoms with E-state index in [0.717, 1.165) is 42.9 Å². The number of hydrogen-bond donors (Lipinski definition) is 0. The van der Waals surface area contributed by atoms with E-state index in [0.29, 0.717) is 6.54 Å². The van der Waals surface area contributed by atoms with Gasteiger partial charge in [0.1, 0.15) is 12.1 Å². The topological polar surface area (TPSA) is 49.3 Å². The molecule has 0 atom stereocenters. The maximum absolute atomic E-state index is 13.2. The predicted molar refractivity (Wildman–Crippen MR) is 92.8 cm³/mol. The van der Waals surface area contributed by atoms with E-state index >= 15 is 0 Å². The minimum Gasteiger partial charge on any atom is -0.362 e. The van der Waals surface area contributed by atoms with Crippen LogP contribution in [0, 0.1) is 0 Å². The van der Waals surface area contributed by atoms with Crippen molar-refractivity contribution in [1.29, 1.82) is 0 Å². The lowest BCUT2D eigenvalue weighted by atomic mass is 9.93. The van der Waals surface area contributed by atoms with E-state index in [4.69, 9.17) is 0 Å². The van der Waals surface area contributed by atoms with Gasteiger partial charge in [-0.1, -0.05) is 30.3 Å². The summed E-state index contributed by atoms with van der Waals surface area (Å²) < 4.78 is 0. The molecular formula is C19H22N4O. The van der Waals surface area contributed by atoms with Crippen molar-refractivity contribution in [2.75, 3.05) is 25.5 Å². The summed E-state index contributed by atoms with van der Waals surface area (Å²) in [5.41, 5.74) is 3.02. The van der Waals surface area contributed by atoms with E-state index in [1.165, 1.54) is 5.56 Å². The third kappa shape index (κ3) is 2.35. The van der Waals surface area contributed by atoms with Crippen LogP contribution in [0.4, 0.5) is 5.82 Å². The zero-order valence-electron chi connectivity index (χ0n) is 14.2. The summed E-state index contributed by atoms with van der Waals surface area (Å²) in [6, 6.07) is 10.2. The molecule has 2 aliphatic rings. The molecule has 1 saturated carbocycles. The second-order valence-electron chi connectivity index (χ2n) is 6.94. The highest BCUT2D eigenvalue weighted by Gasteiger charge is 2.53. The summed E-state index contributed by atoms with van der Waals surface area (Å²) in [6.07, 6.45) is 4.32. The Balaban J connectivity index is 1.59. The number of fused-ring (bicyclic) bond motifs is 1. The van der Waals surface area contributed by atoms with E-state index in [9.17, 15) is 4.79 Å². The molecule has 0 unspecified atom stereocenters. The first-order valence-electron chi connectivity index (χ1n) is 8.47. The Kier molecular flexibility index (Phi) is 3.52. The Labute approximate surface area is 142 Å². The zero-order valence-corrected chi connectivity index (χ0v) is 14.2. The van der Waals surface area contributed by atoms with Gasteiger partial charge in [0.15, 0.2) is 0 Å². The fraction of sp³-hybridized carbons (Fsp3) is 0.421. The summed E-state index contributed by atoms with van der Waals surface area (Å²) >= 11 is 0. The fourth-order valence-electron chi connectivity index (χ4n) is 3.71. The molecule has 0 spiro atoms. The molecule has 1 aliphatic heterocycles. The first-order valence-corrected chi connectivity index (χ1v) is 8.47. The first kappa shape index (κ1) is 15.1. The summed E-state index contributed by atoms with van der Waals surface area (Å²) in [7, 11) is 3.99. The molecule has 4 rings (SSSR count). The van der Waals surface area contributed by atoms with Gasteiger partial charge in [-0.2, -0.15) is 0 Å². The summed E-state index contributed by atoms with van der Waals surface area (Å²) in [5, 5.41) is 0. The van der Waals surface area contributed by atoms with Crippen LogP contribution < -0.4 is 4.90 Å². The smallest absolute Gasteiger partial charge is 0.233 e. The molecule has 2 heterocycles. The molecule has 1 amide bonds. The predicted octanol–water partition coefficient (Wildman–Crippen LogP) is 2.16. The Morgan fingerprint density at radius 2 is 1.92 bits per heavy atom.